The van der Waals surface area contributed by atoms with Gasteiger partial charge in [0.05, 0.1) is 11.6 Å². The summed E-state index contributed by atoms with van der Waals surface area (Å²) in [6, 6.07) is 3.22. The molecule has 4 N–H and O–H groups in total. The third-order valence-corrected chi connectivity index (χ3v) is 3.29. The standard InChI is InChI=1S/C12H11BrN2O4/c1-5-9(11(17)18)10(15-12(19)14-5)7-4-6(13)2-3-8(7)16/h2-4,10,16H,1H3,(H,17,18)(H2,14,15,19). The molecule has 19 heavy (non-hydrogen) atoms. The number of phenolic OH excluding ortho intramolecular Hbond substituents is 1. The maximum Gasteiger partial charge on any atom is 0.335 e. The fraction of sp³-hybridized carbons (Fsp3) is 0.167. The highest BCUT2D eigenvalue weighted by atomic mass is 79.9. The van der Waals surface area contributed by atoms with Gasteiger partial charge in [-0.3, -0.25) is 0 Å². The summed E-state index contributed by atoms with van der Waals surface area (Å²) < 4.78 is 0.676. The molecule has 1 heterocycles. The van der Waals surface area contributed by atoms with E-state index in [1.807, 2.05) is 0 Å². The quantitative estimate of drug-likeness (QED) is 0.666. The number of amides is 2. The number of phenols is 1. The molecule has 0 bridgehead atoms. The van der Waals surface area contributed by atoms with Gasteiger partial charge in [-0.2, -0.15) is 0 Å². The van der Waals surface area contributed by atoms with Crippen molar-refractivity contribution >= 4 is 27.9 Å². The summed E-state index contributed by atoms with van der Waals surface area (Å²) in [6.07, 6.45) is 0. The van der Waals surface area contributed by atoms with Crippen LogP contribution in [0.5, 0.6) is 5.75 Å². The van der Waals surface area contributed by atoms with E-state index in [4.69, 9.17) is 0 Å². The maximum absolute atomic E-state index is 11.5. The third kappa shape index (κ3) is 2.55. The number of hydrogen-bond acceptors (Lipinski definition) is 3. The zero-order chi connectivity index (χ0) is 14.2. The van der Waals surface area contributed by atoms with Gasteiger partial charge in [-0.25, -0.2) is 9.59 Å². The molecular weight excluding hydrogens is 316 g/mol. The number of urea groups is 1. The zero-order valence-electron chi connectivity index (χ0n) is 9.90. The van der Waals surface area contributed by atoms with Gasteiger partial charge < -0.3 is 20.8 Å². The van der Waals surface area contributed by atoms with E-state index in [0.29, 0.717) is 10.0 Å². The van der Waals surface area contributed by atoms with Crippen LogP contribution in [0.1, 0.15) is 18.5 Å². The van der Waals surface area contributed by atoms with Crippen molar-refractivity contribution in [1.29, 1.82) is 0 Å². The van der Waals surface area contributed by atoms with Crippen LogP contribution in [0.2, 0.25) is 0 Å². The Hall–Kier alpha value is -2.02. The van der Waals surface area contributed by atoms with E-state index in [1.54, 1.807) is 12.1 Å². The molecule has 1 aliphatic rings. The Bertz CT molecular complexity index is 597. The molecule has 6 nitrogen and oxygen atoms in total. The smallest absolute Gasteiger partial charge is 0.335 e. The molecule has 0 aromatic heterocycles. The predicted molar refractivity (Wildman–Crippen MR) is 70.6 cm³/mol. The number of carbonyl (C=O) groups excluding carboxylic acids is 1. The largest absolute Gasteiger partial charge is 0.508 e. The maximum atomic E-state index is 11.5. The monoisotopic (exact) mass is 326 g/mol. The SMILES string of the molecule is CC1=C(C(=O)O)C(c2cc(Br)ccc2O)NC(=O)N1. The molecule has 0 saturated heterocycles. The van der Waals surface area contributed by atoms with Gasteiger partial charge in [0.2, 0.25) is 0 Å². The molecule has 100 valence electrons. The van der Waals surface area contributed by atoms with Crippen LogP contribution < -0.4 is 10.6 Å². The Kier molecular flexibility index (Phi) is 3.48. The number of nitrogens with one attached hydrogen (secondary N) is 2. The van der Waals surface area contributed by atoms with Gasteiger partial charge in [0, 0.05) is 15.7 Å². The number of aliphatic carboxylic acids is 1. The van der Waals surface area contributed by atoms with E-state index in [2.05, 4.69) is 26.6 Å². The normalized spacial score (nSPS) is 18.8. The Balaban J connectivity index is 2.58. The highest BCUT2D eigenvalue weighted by Crippen LogP contribution is 2.34. The minimum absolute atomic E-state index is 0.00648. The van der Waals surface area contributed by atoms with Crippen LogP contribution in [0, 0.1) is 0 Å². The molecule has 0 spiro atoms. The van der Waals surface area contributed by atoms with Gasteiger partial charge >= 0.3 is 12.0 Å². The Morgan fingerprint density at radius 3 is 2.74 bits per heavy atom. The zero-order valence-corrected chi connectivity index (χ0v) is 11.5. The Morgan fingerprint density at radius 1 is 1.42 bits per heavy atom. The lowest BCUT2D eigenvalue weighted by molar-refractivity contribution is -0.133. The van der Waals surface area contributed by atoms with Crippen molar-refractivity contribution in [2.45, 2.75) is 13.0 Å². The molecule has 1 atom stereocenters. The Labute approximate surface area is 117 Å². The molecule has 1 aliphatic heterocycles. The van der Waals surface area contributed by atoms with Crippen molar-refractivity contribution in [1.82, 2.24) is 10.6 Å². The average Bonchev–Trinajstić information content (AvgIpc) is 2.30. The molecule has 1 aromatic rings. The van der Waals surface area contributed by atoms with Crippen molar-refractivity contribution in [3.8, 4) is 5.75 Å². The molecule has 1 aromatic carbocycles. The van der Waals surface area contributed by atoms with E-state index in [-0.39, 0.29) is 17.0 Å². The van der Waals surface area contributed by atoms with E-state index >= 15 is 0 Å². The first kappa shape index (κ1) is 13.4. The summed E-state index contributed by atoms with van der Waals surface area (Å²) in [7, 11) is 0. The second kappa shape index (κ2) is 4.93. The summed E-state index contributed by atoms with van der Waals surface area (Å²) in [5, 5.41) is 24.0. The van der Waals surface area contributed by atoms with Gasteiger partial charge in [0.1, 0.15) is 5.75 Å². The molecule has 2 rings (SSSR count). The fourth-order valence-electron chi connectivity index (χ4n) is 1.97. The second-order valence-corrected chi connectivity index (χ2v) is 4.99. The number of rotatable bonds is 2. The van der Waals surface area contributed by atoms with E-state index in [1.165, 1.54) is 13.0 Å². The second-order valence-electron chi connectivity index (χ2n) is 4.08. The molecular formula is C12H11BrN2O4. The predicted octanol–water partition coefficient (Wildman–Crippen LogP) is 1.87. The van der Waals surface area contributed by atoms with E-state index in [0.717, 1.165) is 0 Å². The topological polar surface area (TPSA) is 98.7 Å². The average molecular weight is 327 g/mol. The minimum Gasteiger partial charge on any atom is -0.508 e. The summed E-state index contributed by atoms with van der Waals surface area (Å²) in [6.45, 7) is 1.50. The molecule has 0 aliphatic carbocycles. The molecule has 1 unspecified atom stereocenters. The van der Waals surface area contributed by atoms with Gasteiger partial charge in [0.15, 0.2) is 0 Å². The van der Waals surface area contributed by atoms with Gasteiger partial charge in [-0.15, -0.1) is 0 Å². The van der Waals surface area contributed by atoms with Crippen LogP contribution in [0.15, 0.2) is 33.9 Å². The van der Waals surface area contributed by atoms with Crippen molar-refractivity contribution in [2.75, 3.05) is 0 Å². The molecule has 0 radical (unpaired) electrons. The first-order chi connectivity index (χ1) is 8.90. The number of allylic oxidation sites excluding steroid dienone is 1. The van der Waals surface area contributed by atoms with Crippen LogP contribution in [-0.4, -0.2) is 22.2 Å². The van der Waals surface area contributed by atoms with Crippen molar-refractivity contribution in [2.24, 2.45) is 0 Å². The first-order valence-corrected chi connectivity index (χ1v) is 6.19. The van der Waals surface area contributed by atoms with Crippen molar-refractivity contribution in [3.63, 3.8) is 0 Å². The number of hydrogen-bond donors (Lipinski definition) is 4. The lowest BCUT2D eigenvalue weighted by Gasteiger charge is -2.27. The highest BCUT2D eigenvalue weighted by molar-refractivity contribution is 9.10. The van der Waals surface area contributed by atoms with Crippen LogP contribution >= 0.6 is 15.9 Å². The summed E-state index contributed by atoms with van der Waals surface area (Å²) in [4.78, 5) is 22.8. The number of carboxylic acids is 1. The number of halogens is 1. The molecule has 2 amide bonds. The number of aromatic hydroxyl groups is 1. The number of carbonyl (C=O) groups is 2. The third-order valence-electron chi connectivity index (χ3n) is 2.80. The highest BCUT2D eigenvalue weighted by Gasteiger charge is 2.32. The Morgan fingerprint density at radius 2 is 2.11 bits per heavy atom. The minimum atomic E-state index is -1.16. The van der Waals surface area contributed by atoms with E-state index in [9.17, 15) is 19.8 Å². The number of carboxylic acid groups (broad SMARTS) is 1. The molecule has 0 fully saturated rings. The van der Waals surface area contributed by atoms with Gasteiger partial charge in [-0.1, -0.05) is 15.9 Å². The van der Waals surface area contributed by atoms with Crippen LogP contribution in [0.25, 0.3) is 0 Å². The van der Waals surface area contributed by atoms with Crippen molar-refractivity contribution < 1.29 is 19.8 Å². The van der Waals surface area contributed by atoms with Gasteiger partial charge in [-0.05, 0) is 25.1 Å². The van der Waals surface area contributed by atoms with Crippen LogP contribution in [0.4, 0.5) is 4.79 Å². The lowest BCUT2D eigenvalue weighted by Crippen LogP contribution is -2.45. The molecule has 7 heteroatoms. The lowest BCUT2D eigenvalue weighted by atomic mass is 9.95. The van der Waals surface area contributed by atoms with Crippen LogP contribution in [0.3, 0.4) is 0 Å². The first-order valence-electron chi connectivity index (χ1n) is 5.40. The van der Waals surface area contributed by atoms with Crippen LogP contribution in [-0.2, 0) is 4.79 Å². The van der Waals surface area contributed by atoms with E-state index < -0.39 is 18.0 Å². The summed E-state index contributed by atoms with van der Waals surface area (Å²) in [5.74, 6) is -1.24. The van der Waals surface area contributed by atoms with Crippen molar-refractivity contribution in [3.05, 3.63) is 39.5 Å². The summed E-state index contributed by atoms with van der Waals surface area (Å²) >= 11 is 3.25. The fourth-order valence-corrected chi connectivity index (χ4v) is 2.35. The molecule has 0 saturated carbocycles. The van der Waals surface area contributed by atoms with Gasteiger partial charge in [0.25, 0.3) is 0 Å². The number of benzene rings is 1. The summed E-state index contributed by atoms with van der Waals surface area (Å²) in [5.41, 5.74) is 0.564.